The van der Waals surface area contributed by atoms with Gasteiger partial charge in [-0.3, -0.25) is 9.13 Å². The zero-order chi connectivity index (χ0) is 17.6. The highest BCUT2D eigenvalue weighted by Crippen LogP contribution is 2.21. The molecule has 0 spiro atoms. The van der Waals surface area contributed by atoms with Gasteiger partial charge < -0.3 is 4.98 Å². The van der Waals surface area contributed by atoms with Crippen molar-refractivity contribution >= 4 is 33.7 Å². The number of aromatic nitrogens is 4. The van der Waals surface area contributed by atoms with Crippen molar-refractivity contribution in [1.82, 2.24) is 19.1 Å². The van der Waals surface area contributed by atoms with Gasteiger partial charge in [0.05, 0.1) is 27.6 Å². The lowest BCUT2D eigenvalue weighted by atomic mass is 10.1. The van der Waals surface area contributed by atoms with E-state index in [1.54, 1.807) is 29.3 Å². The quantitative estimate of drug-likeness (QED) is 0.574. The van der Waals surface area contributed by atoms with E-state index >= 15 is 0 Å². The van der Waals surface area contributed by atoms with E-state index in [0.29, 0.717) is 11.4 Å². The summed E-state index contributed by atoms with van der Waals surface area (Å²) in [4.78, 5) is 19.7. The van der Waals surface area contributed by atoms with Gasteiger partial charge in [0.15, 0.2) is 0 Å². The highest BCUT2D eigenvalue weighted by atomic mass is 16.1. The lowest BCUT2D eigenvalue weighted by Gasteiger charge is -1.99. The second-order valence-electron chi connectivity index (χ2n) is 5.92. The van der Waals surface area contributed by atoms with E-state index in [1.165, 1.54) is 0 Å². The first-order valence-corrected chi connectivity index (χ1v) is 7.81. The van der Waals surface area contributed by atoms with E-state index in [2.05, 4.69) is 16.0 Å². The van der Waals surface area contributed by atoms with Crippen molar-refractivity contribution in [2.24, 2.45) is 14.1 Å². The van der Waals surface area contributed by atoms with Crippen LogP contribution in [-0.2, 0) is 14.1 Å². The highest BCUT2D eigenvalue weighted by molar-refractivity contribution is 5.91. The number of rotatable bonds is 2. The molecule has 0 atom stereocenters. The molecule has 0 radical (unpaired) electrons. The van der Waals surface area contributed by atoms with Gasteiger partial charge in [0.1, 0.15) is 11.9 Å². The minimum atomic E-state index is -0.0751. The van der Waals surface area contributed by atoms with Crippen molar-refractivity contribution in [1.29, 1.82) is 5.26 Å². The molecule has 25 heavy (non-hydrogen) atoms. The SMILES string of the molecule is Cn1c(=O)n(C)c2cc(/C=C(/C#N)c3nc4ccccc4[nH]3)ccc21. The van der Waals surface area contributed by atoms with E-state index < -0.39 is 0 Å². The van der Waals surface area contributed by atoms with E-state index in [9.17, 15) is 10.1 Å². The van der Waals surface area contributed by atoms with E-state index in [-0.39, 0.29) is 5.69 Å². The lowest BCUT2D eigenvalue weighted by Crippen LogP contribution is -2.19. The van der Waals surface area contributed by atoms with Gasteiger partial charge >= 0.3 is 5.69 Å². The molecule has 0 aliphatic carbocycles. The van der Waals surface area contributed by atoms with Crippen LogP contribution in [0.5, 0.6) is 0 Å². The summed E-state index contributed by atoms with van der Waals surface area (Å²) in [5, 5.41) is 9.54. The Bertz CT molecular complexity index is 1210. The number of nitrogens with one attached hydrogen (secondary N) is 1. The van der Waals surface area contributed by atoms with Gasteiger partial charge in [0.2, 0.25) is 0 Å². The fourth-order valence-corrected chi connectivity index (χ4v) is 3.01. The number of para-hydroxylation sites is 2. The average molecular weight is 329 g/mol. The number of H-pyrrole nitrogens is 1. The van der Waals surface area contributed by atoms with Crippen LogP contribution in [0, 0.1) is 11.3 Å². The third-order valence-corrected chi connectivity index (χ3v) is 4.37. The van der Waals surface area contributed by atoms with Gasteiger partial charge in [0.25, 0.3) is 0 Å². The maximum Gasteiger partial charge on any atom is 0.328 e. The van der Waals surface area contributed by atoms with Crippen LogP contribution < -0.4 is 5.69 Å². The van der Waals surface area contributed by atoms with Crippen molar-refractivity contribution < 1.29 is 0 Å². The van der Waals surface area contributed by atoms with Crippen molar-refractivity contribution in [3.05, 3.63) is 64.3 Å². The Hall–Kier alpha value is -3.59. The normalized spacial score (nSPS) is 12.0. The van der Waals surface area contributed by atoms with Crippen molar-refractivity contribution in [3.63, 3.8) is 0 Å². The van der Waals surface area contributed by atoms with Gasteiger partial charge in [-0.2, -0.15) is 5.26 Å². The summed E-state index contributed by atoms with van der Waals surface area (Å²) < 4.78 is 3.20. The molecule has 4 rings (SSSR count). The standard InChI is InChI=1S/C19H15N5O/c1-23-16-8-7-12(10-17(16)24(2)19(23)25)9-13(11-20)18-21-14-5-3-4-6-15(14)22-18/h3-10H,1-2H3,(H,21,22)/b13-9-. The monoisotopic (exact) mass is 329 g/mol. The number of fused-ring (bicyclic) bond motifs is 2. The van der Waals surface area contributed by atoms with Crippen molar-refractivity contribution in [2.75, 3.05) is 0 Å². The molecule has 0 bridgehead atoms. The number of allylic oxidation sites excluding steroid dienone is 1. The molecule has 6 nitrogen and oxygen atoms in total. The first kappa shape index (κ1) is 15.0. The first-order valence-electron chi connectivity index (χ1n) is 7.81. The zero-order valence-electron chi connectivity index (χ0n) is 13.8. The molecule has 4 aromatic rings. The maximum absolute atomic E-state index is 12.0. The molecule has 2 heterocycles. The largest absolute Gasteiger partial charge is 0.337 e. The molecule has 1 N–H and O–H groups in total. The van der Waals surface area contributed by atoms with Gasteiger partial charge in [-0.15, -0.1) is 0 Å². The fraction of sp³-hybridized carbons (Fsp3) is 0.105. The van der Waals surface area contributed by atoms with Gasteiger partial charge in [-0.25, -0.2) is 9.78 Å². The Morgan fingerprint density at radius 2 is 1.92 bits per heavy atom. The second kappa shape index (κ2) is 5.49. The molecule has 0 aliphatic rings. The Morgan fingerprint density at radius 1 is 1.16 bits per heavy atom. The van der Waals surface area contributed by atoms with E-state index in [0.717, 1.165) is 27.6 Å². The topological polar surface area (TPSA) is 79.4 Å². The van der Waals surface area contributed by atoms with Crippen LogP contribution >= 0.6 is 0 Å². The zero-order valence-corrected chi connectivity index (χ0v) is 13.8. The molecule has 2 aromatic carbocycles. The highest BCUT2D eigenvalue weighted by Gasteiger charge is 2.10. The fourth-order valence-electron chi connectivity index (χ4n) is 3.01. The minimum Gasteiger partial charge on any atom is -0.337 e. The first-order chi connectivity index (χ1) is 12.1. The summed E-state index contributed by atoms with van der Waals surface area (Å²) in [6, 6.07) is 15.5. The predicted octanol–water partition coefficient (Wildman–Crippen LogP) is 2.82. The Labute approximate surface area is 143 Å². The van der Waals surface area contributed by atoms with Crippen molar-refractivity contribution in [3.8, 4) is 6.07 Å². The van der Waals surface area contributed by atoms with Crippen LogP contribution in [0.25, 0.3) is 33.7 Å². The number of hydrogen-bond acceptors (Lipinski definition) is 3. The summed E-state index contributed by atoms with van der Waals surface area (Å²) in [6.07, 6.45) is 1.77. The molecule has 0 unspecified atom stereocenters. The van der Waals surface area contributed by atoms with Crippen LogP contribution in [0.2, 0.25) is 0 Å². The number of aryl methyl sites for hydroxylation is 2. The number of imidazole rings is 2. The van der Waals surface area contributed by atoms with E-state index in [4.69, 9.17) is 0 Å². The summed E-state index contributed by atoms with van der Waals surface area (Å²) in [6.45, 7) is 0. The molecular weight excluding hydrogens is 314 g/mol. The maximum atomic E-state index is 12.0. The van der Waals surface area contributed by atoms with Crippen LogP contribution in [0.15, 0.2) is 47.3 Å². The predicted molar refractivity (Wildman–Crippen MR) is 97.7 cm³/mol. The Balaban J connectivity index is 1.85. The molecule has 0 saturated carbocycles. The molecule has 6 heteroatoms. The molecular formula is C19H15N5O. The minimum absolute atomic E-state index is 0.0751. The molecule has 2 aromatic heterocycles. The molecule has 122 valence electrons. The molecule has 0 amide bonds. The average Bonchev–Trinajstić information content (AvgIpc) is 3.15. The van der Waals surface area contributed by atoms with Crippen LogP contribution in [0.4, 0.5) is 0 Å². The summed E-state index contributed by atoms with van der Waals surface area (Å²) in [5.41, 5.74) is 4.59. The van der Waals surface area contributed by atoms with E-state index in [1.807, 2.05) is 42.5 Å². The lowest BCUT2D eigenvalue weighted by molar-refractivity contribution is 0.795. The molecule has 0 aliphatic heterocycles. The van der Waals surface area contributed by atoms with Gasteiger partial charge in [-0.05, 0) is 35.9 Å². The van der Waals surface area contributed by atoms with Gasteiger partial charge in [0, 0.05) is 14.1 Å². The molecule has 0 saturated heterocycles. The third-order valence-electron chi connectivity index (χ3n) is 4.37. The smallest absolute Gasteiger partial charge is 0.328 e. The Kier molecular flexibility index (Phi) is 3.29. The number of aromatic amines is 1. The number of benzene rings is 2. The number of nitriles is 1. The van der Waals surface area contributed by atoms with Crippen molar-refractivity contribution in [2.45, 2.75) is 0 Å². The van der Waals surface area contributed by atoms with Gasteiger partial charge in [-0.1, -0.05) is 18.2 Å². The summed E-state index contributed by atoms with van der Waals surface area (Å²) in [7, 11) is 3.48. The third kappa shape index (κ3) is 2.34. The van der Waals surface area contributed by atoms with Crippen LogP contribution in [0.3, 0.4) is 0 Å². The van der Waals surface area contributed by atoms with Crippen LogP contribution in [-0.4, -0.2) is 19.1 Å². The number of hydrogen-bond donors (Lipinski definition) is 1. The summed E-state index contributed by atoms with van der Waals surface area (Å²) >= 11 is 0. The molecule has 0 fully saturated rings. The number of nitrogens with zero attached hydrogens (tertiary/aromatic N) is 4. The summed E-state index contributed by atoms with van der Waals surface area (Å²) in [5.74, 6) is 0.533. The second-order valence-corrected chi connectivity index (χ2v) is 5.92. The Morgan fingerprint density at radius 3 is 2.68 bits per heavy atom. The van der Waals surface area contributed by atoms with Crippen LogP contribution in [0.1, 0.15) is 11.4 Å².